The molecule has 0 bridgehead atoms. The number of nitrogen functional groups attached to an aromatic ring is 1. The highest BCUT2D eigenvalue weighted by molar-refractivity contribution is 8.01. The third-order valence-corrected chi connectivity index (χ3v) is 5.51. The van der Waals surface area contributed by atoms with Crippen LogP contribution in [-0.4, -0.2) is 38.4 Å². The molecule has 0 radical (unpaired) electrons. The molecule has 2 fully saturated rings. The van der Waals surface area contributed by atoms with E-state index in [1.165, 1.54) is 12.1 Å². The number of phenolic OH excluding ortho intramolecular Hbond substituents is 1. The molecule has 1 amide bonds. The van der Waals surface area contributed by atoms with E-state index < -0.39 is 5.92 Å². The summed E-state index contributed by atoms with van der Waals surface area (Å²) in [4.78, 5) is 26.3. The van der Waals surface area contributed by atoms with E-state index in [2.05, 4.69) is 13.8 Å². The number of carbonyl (C=O) groups excluding carboxylic acids is 2. The van der Waals surface area contributed by atoms with Crippen molar-refractivity contribution in [1.82, 2.24) is 4.90 Å². The van der Waals surface area contributed by atoms with Crippen LogP contribution in [0.5, 0.6) is 5.75 Å². The first-order valence-corrected chi connectivity index (χ1v) is 7.75. The van der Waals surface area contributed by atoms with Gasteiger partial charge in [0.05, 0.1) is 5.37 Å². The molecule has 1 aromatic carbocycles. The molecule has 2 atom stereocenters. The predicted molar refractivity (Wildman–Crippen MR) is 81.9 cm³/mol. The number of thioether (sulfide) groups is 1. The summed E-state index contributed by atoms with van der Waals surface area (Å²) in [5, 5.41) is 9.30. The maximum Gasteiger partial charge on any atom is 0.237 e. The molecule has 0 spiro atoms. The van der Waals surface area contributed by atoms with Crippen molar-refractivity contribution in [1.29, 1.82) is 0 Å². The number of phenols is 1. The van der Waals surface area contributed by atoms with Crippen LogP contribution in [0.3, 0.4) is 0 Å². The van der Waals surface area contributed by atoms with Crippen LogP contribution in [0, 0.1) is 5.92 Å². The SMILES string of the molecule is CC1(C)CN2C(=O)C(C(=O)Cc3ccc(O)cc3N)C2S1. The molecule has 21 heavy (non-hydrogen) atoms. The maximum absolute atomic E-state index is 12.4. The standard InChI is InChI=1S/C15H18N2O3S/c1-15(2)7-17-13(20)12(14(17)21-15)11(19)5-8-3-4-9(18)6-10(8)16/h3-4,6,12,14,18H,5,7,16H2,1-2H3. The van der Waals surface area contributed by atoms with Gasteiger partial charge >= 0.3 is 0 Å². The molecule has 0 saturated carbocycles. The van der Waals surface area contributed by atoms with Crippen LogP contribution < -0.4 is 5.73 Å². The minimum atomic E-state index is -0.551. The van der Waals surface area contributed by atoms with Crippen LogP contribution in [0.25, 0.3) is 0 Å². The number of anilines is 1. The fraction of sp³-hybridized carbons (Fsp3) is 0.467. The second-order valence-corrected chi connectivity index (χ2v) is 8.06. The average Bonchev–Trinajstić information content (AvgIpc) is 2.65. The summed E-state index contributed by atoms with van der Waals surface area (Å²) in [6, 6.07) is 4.56. The van der Waals surface area contributed by atoms with Gasteiger partial charge in [0.15, 0.2) is 5.78 Å². The van der Waals surface area contributed by atoms with E-state index in [4.69, 9.17) is 5.73 Å². The summed E-state index contributed by atoms with van der Waals surface area (Å²) in [5.74, 6) is -0.642. The molecule has 3 rings (SSSR count). The quantitative estimate of drug-likeness (QED) is 0.501. The van der Waals surface area contributed by atoms with Gasteiger partial charge in [-0.3, -0.25) is 9.59 Å². The summed E-state index contributed by atoms with van der Waals surface area (Å²) < 4.78 is 0.00687. The predicted octanol–water partition coefficient (Wildman–Crippen LogP) is 1.40. The minimum absolute atomic E-state index is 0.00687. The van der Waals surface area contributed by atoms with Crippen molar-refractivity contribution < 1.29 is 14.7 Å². The molecule has 5 nitrogen and oxygen atoms in total. The van der Waals surface area contributed by atoms with Gasteiger partial charge in [-0.1, -0.05) is 6.07 Å². The van der Waals surface area contributed by atoms with Gasteiger partial charge in [0, 0.05) is 29.5 Å². The van der Waals surface area contributed by atoms with Crippen LogP contribution in [-0.2, 0) is 16.0 Å². The molecule has 0 aliphatic carbocycles. The van der Waals surface area contributed by atoms with Crippen LogP contribution in [0.2, 0.25) is 0 Å². The molecule has 3 N–H and O–H groups in total. The highest BCUT2D eigenvalue weighted by atomic mass is 32.2. The van der Waals surface area contributed by atoms with E-state index in [-0.39, 0.29) is 34.0 Å². The summed E-state index contributed by atoms with van der Waals surface area (Å²) in [6.45, 7) is 4.87. The normalized spacial score (nSPS) is 26.4. The molecule has 112 valence electrons. The molecule has 6 heteroatoms. The smallest absolute Gasteiger partial charge is 0.237 e. The van der Waals surface area contributed by atoms with Crippen molar-refractivity contribution in [2.24, 2.45) is 5.92 Å². The lowest BCUT2D eigenvalue weighted by Crippen LogP contribution is -2.59. The highest BCUT2D eigenvalue weighted by Gasteiger charge is 2.58. The number of Topliss-reactive ketones (excluding diaryl/α,β-unsaturated/α-hetero) is 1. The number of β-lactam (4-membered cyclic amide) rings is 1. The van der Waals surface area contributed by atoms with Gasteiger partial charge < -0.3 is 15.7 Å². The van der Waals surface area contributed by atoms with Crippen molar-refractivity contribution in [3.8, 4) is 5.75 Å². The summed E-state index contributed by atoms with van der Waals surface area (Å²) >= 11 is 1.69. The fourth-order valence-electron chi connectivity index (χ4n) is 2.94. The number of rotatable bonds is 3. The number of ketones is 1. The lowest BCUT2D eigenvalue weighted by molar-refractivity contribution is -0.154. The Morgan fingerprint density at radius 1 is 1.52 bits per heavy atom. The Balaban J connectivity index is 1.73. The monoisotopic (exact) mass is 306 g/mol. The van der Waals surface area contributed by atoms with Gasteiger partial charge in [-0.2, -0.15) is 0 Å². The fourth-order valence-corrected chi connectivity index (χ4v) is 4.51. The number of amides is 1. The lowest BCUT2D eigenvalue weighted by Gasteiger charge is -2.40. The number of aromatic hydroxyl groups is 1. The Bertz CT molecular complexity index is 629. The number of fused-ring (bicyclic) bond motifs is 1. The Hall–Kier alpha value is -1.69. The third-order valence-electron chi connectivity index (χ3n) is 3.97. The molecule has 2 aliphatic heterocycles. The number of hydrogen-bond acceptors (Lipinski definition) is 5. The van der Waals surface area contributed by atoms with Crippen molar-refractivity contribution in [2.75, 3.05) is 12.3 Å². The van der Waals surface area contributed by atoms with Crippen molar-refractivity contribution in [3.05, 3.63) is 23.8 Å². The topological polar surface area (TPSA) is 83.6 Å². The van der Waals surface area contributed by atoms with Crippen LogP contribution in [0.1, 0.15) is 19.4 Å². The van der Waals surface area contributed by atoms with E-state index in [9.17, 15) is 14.7 Å². The van der Waals surface area contributed by atoms with E-state index in [1.807, 2.05) is 0 Å². The molecule has 2 aliphatic rings. The largest absolute Gasteiger partial charge is 0.508 e. The van der Waals surface area contributed by atoms with Crippen LogP contribution >= 0.6 is 11.8 Å². The van der Waals surface area contributed by atoms with Gasteiger partial charge in [-0.25, -0.2) is 0 Å². The number of nitrogens with zero attached hydrogens (tertiary/aromatic N) is 1. The molecule has 2 saturated heterocycles. The number of nitrogens with two attached hydrogens (primary N) is 1. The van der Waals surface area contributed by atoms with Gasteiger partial charge in [-0.05, 0) is 25.5 Å². The number of carbonyl (C=O) groups is 2. The molecular weight excluding hydrogens is 288 g/mol. The first-order chi connectivity index (χ1) is 9.78. The minimum Gasteiger partial charge on any atom is -0.508 e. The average molecular weight is 306 g/mol. The molecule has 2 unspecified atom stereocenters. The van der Waals surface area contributed by atoms with Gasteiger partial charge in [-0.15, -0.1) is 11.8 Å². The van der Waals surface area contributed by atoms with Gasteiger partial charge in [0.1, 0.15) is 11.7 Å². The Morgan fingerprint density at radius 3 is 2.90 bits per heavy atom. The summed E-state index contributed by atoms with van der Waals surface area (Å²) in [5.41, 5.74) is 6.84. The Morgan fingerprint density at radius 2 is 2.24 bits per heavy atom. The van der Waals surface area contributed by atoms with Crippen LogP contribution in [0.4, 0.5) is 5.69 Å². The summed E-state index contributed by atoms with van der Waals surface area (Å²) in [6.07, 6.45) is 0.133. The zero-order chi connectivity index (χ0) is 15.4. The van der Waals surface area contributed by atoms with E-state index in [1.54, 1.807) is 22.7 Å². The second-order valence-electron chi connectivity index (χ2n) is 6.24. The Kier molecular flexibility index (Phi) is 3.16. The number of hydrogen-bond donors (Lipinski definition) is 2. The molecule has 2 heterocycles. The van der Waals surface area contributed by atoms with Crippen molar-refractivity contribution in [2.45, 2.75) is 30.4 Å². The van der Waals surface area contributed by atoms with E-state index in [0.29, 0.717) is 17.8 Å². The molecular formula is C15H18N2O3S. The maximum atomic E-state index is 12.4. The number of benzene rings is 1. The molecule has 1 aromatic rings. The van der Waals surface area contributed by atoms with Crippen molar-refractivity contribution in [3.63, 3.8) is 0 Å². The zero-order valence-electron chi connectivity index (χ0n) is 12.0. The van der Waals surface area contributed by atoms with Crippen LogP contribution in [0.15, 0.2) is 18.2 Å². The molecule has 0 aromatic heterocycles. The summed E-state index contributed by atoms with van der Waals surface area (Å²) in [7, 11) is 0. The van der Waals surface area contributed by atoms with Crippen molar-refractivity contribution >= 4 is 29.1 Å². The first kappa shape index (κ1) is 14.3. The second kappa shape index (κ2) is 4.66. The van der Waals surface area contributed by atoms with Gasteiger partial charge in [0.25, 0.3) is 0 Å². The Labute approximate surface area is 127 Å². The van der Waals surface area contributed by atoms with E-state index >= 15 is 0 Å². The van der Waals surface area contributed by atoms with E-state index in [0.717, 1.165) is 0 Å². The highest BCUT2D eigenvalue weighted by Crippen LogP contribution is 2.49. The zero-order valence-corrected chi connectivity index (χ0v) is 12.8. The third kappa shape index (κ3) is 2.37. The van der Waals surface area contributed by atoms with Gasteiger partial charge in [0.2, 0.25) is 5.91 Å². The lowest BCUT2D eigenvalue weighted by atomic mass is 9.89. The first-order valence-electron chi connectivity index (χ1n) is 6.87.